The summed E-state index contributed by atoms with van der Waals surface area (Å²) in [5.74, 6) is -4.97. The van der Waals surface area contributed by atoms with E-state index in [-0.39, 0.29) is 18.0 Å². The molecular weight excluding hydrogens is 396 g/mol. The first-order valence-electron chi connectivity index (χ1n) is 10.0. The van der Waals surface area contributed by atoms with Crippen molar-refractivity contribution in [3.63, 3.8) is 0 Å². The molecule has 160 valence electrons. The molecule has 1 atom stereocenters. The molecule has 0 saturated carbocycles. The lowest BCUT2D eigenvalue weighted by atomic mass is 9.89. The van der Waals surface area contributed by atoms with Gasteiger partial charge >= 0.3 is 0 Å². The summed E-state index contributed by atoms with van der Waals surface area (Å²) in [4.78, 5) is 4.56. The smallest absolute Gasteiger partial charge is 0.283 e. The number of aliphatic hydroxyl groups is 1. The molecule has 3 nitrogen and oxygen atoms in total. The van der Waals surface area contributed by atoms with Gasteiger partial charge in [0, 0.05) is 28.7 Å². The van der Waals surface area contributed by atoms with Crippen LogP contribution in [0.2, 0.25) is 0 Å². The second-order valence-corrected chi connectivity index (χ2v) is 8.25. The van der Waals surface area contributed by atoms with Crippen LogP contribution in [0.4, 0.5) is 17.6 Å². The third-order valence-corrected chi connectivity index (χ3v) is 5.84. The van der Waals surface area contributed by atoms with Crippen LogP contribution in [0.25, 0.3) is 10.9 Å². The molecule has 0 fully saturated rings. The molecule has 3 aromatic rings. The predicted octanol–water partition coefficient (Wildman–Crippen LogP) is 5.14. The highest BCUT2D eigenvalue weighted by atomic mass is 19.3. The minimum atomic E-state index is -3.38. The summed E-state index contributed by atoms with van der Waals surface area (Å²) in [6.45, 7) is 1.73. The van der Waals surface area contributed by atoms with Crippen LogP contribution in [-0.2, 0) is 6.42 Å². The van der Waals surface area contributed by atoms with E-state index >= 15 is 8.78 Å². The Balaban J connectivity index is 1.90. The quantitative estimate of drug-likeness (QED) is 0.561. The second kappa shape index (κ2) is 7.71. The lowest BCUT2D eigenvalue weighted by molar-refractivity contribution is -0.0791. The van der Waals surface area contributed by atoms with Gasteiger partial charge in [-0.1, -0.05) is 32.0 Å². The average Bonchev–Trinajstić information content (AvgIpc) is 3.07. The molecule has 1 aromatic heterocycles. The van der Waals surface area contributed by atoms with Gasteiger partial charge in [0.05, 0.1) is 12.6 Å². The number of fused-ring (bicyclic) bond motifs is 3. The van der Waals surface area contributed by atoms with Crippen molar-refractivity contribution in [2.75, 3.05) is 19.7 Å². The predicted molar refractivity (Wildman–Crippen MR) is 108 cm³/mol. The van der Waals surface area contributed by atoms with Crippen molar-refractivity contribution in [1.29, 1.82) is 0 Å². The molecule has 0 spiro atoms. The van der Waals surface area contributed by atoms with E-state index in [1.165, 1.54) is 17.0 Å². The first-order chi connectivity index (χ1) is 14.2. The van der Waals surface area contributed by atoms with Crippen molar-refractivity contribution in [3.05, 3.63) is 70.4 Å². The summed E-state index contributed by atoms with van der Waals surface area (Å²) in [5.41, 5.74) is 2.45. The van der Waals surface area contributed by atoms with Crippen molar-refractivity contribution in [2.45, 2.75) is 38.2 Å². The minimum absolute atomic E-state index is 0.0760. The van der Waals surface area contributed by atoms with Gasteiger partial charge in [-0.25, -0.2) is 17.6 Å². The van der Waals surface area contributed by atoms with Gasteiger partial charge in [0.2, 0.25) is 0 Å². The highest BCUT2D eigenvalue weighted by molar-refractivity contribution is 5.85. The van der Waals surface area contributed by atoms with Crippen LogP contribution in [0.15, 0.2) is 36.4 Å². The van der Waals surface area contributed by atoms with Crippen LogP contribution >= 0.6 is 0 Å². The van der Waals surface area contributed by atoms with Crippen molar-refractivity contribution >= 4 is 10.9 Å². The Bertz CT molecular complexity index is 1050. The lowest BCUT2D eigenvalue weighted by Gasteiger charge is -2.38. The molecule has 1 aliphatic heterocycles. The standard InChI is InChI=1S/C23H24F4N2O/c1-13(2)14-9-17(24)20(18(25)10-14)22-21-16(15-5-3-4-6-19(15)28-21)7-8-29(22)11-23(26,27)12-30/h3-6,9-10,13,22,28,30H,7-8,11-12H2,1-2H3. The largest absolute Gasteiger partial charge is 0.390 e. The molecule has 0 saturated heterocycles. The van der Waals surface area contributed by atoms with E-state index in [2.05, 4.69) is 4.98 Å². The van der Waals surface area contributed by atoms with Gasteiger partial charge in [0.25, 0.3) is 5.92 Å². The molecule has 0 amide bonds. The third-order valence-electron chi connectivity index (χ3n) is 5.84. The fraction of sp³-hybridized carbons (Fsp3) is 0.391. The zero-order valence-corrected chi connectivity index (χ0v) is 16.9. The molecule has 0 bridgehead atoms. The Hall–Kier alpha value is -2.38. The Morgan fingerprint density at radius 2 is 1.83 bits per heavy atom. The van der Waals surface area contributed by atoms with Gasteiger partial charge in [-0.2, -0.15) is 0 Å². The van der Waals surface area contributed by atoms with E-state index < -0.39 is 36.8 Å². The Morgan fingerprint density at radius 3 is 2.47 bits per heavy atom. The number of rotatable bonds is 5. The molecule has 1 unspecified atom stereocenters. The maximum Gasteiger partial charge on any atom is 0.283 e. The monoisotopic (exact) mass is 420 g/mol. The maximum atomic E-state index is 15.2. The van der Waals surface area contributed by atoms with Gasteiger partial charge < -0.3 is 10.1 Å². The van der Waals surface area contributed by atoms with E-state index in [0.29, 0.717) is 17.7 Å². The molecule has 2 aromatic carbocycles. The molecule has 2 N–H and O–H groups in total. The summed E-state index contributed by atoms with van der Waals surface area (Å²) >= 11 is 0. The fourth-order valence-corrected chi connectivity index (χ4v) is 4.33. The van der Waals surface area contributed by atoms with Crippen molar-refractivity contribution in [3.8, 4) is 0 Å². The van der Waals surface area contributed by atoms with E-state index in [1.807, 2.05) is 38.1 Å². The Labute approximate surface area is 172 Å². The van der Waals surface area contributed by atoms with E-state index in [0.717, 1.165) is 16.5 Å². The summed E-state index contributed by atoms with van der Waals surface area (Å²) in [6.07, 6.45) is 0.463. The third kappa shape index (κ3) is 3.61. The minimum Gasteiger partial charge on any atom is -0.390 e. The number of alkyl halides is 2. The van der Waals surface area contributed by atoms with Gasteiger partial charge in [-0.15, -0.1) is 0 Å². The molecular formula is C23H24F4N2O. The highest BCUT2D eigenvalue weighted by Crippen LogP contribution is 2.41. The van der Waals surface area contributed by atoms with Crippen LogP contribution in [0.1, 0.15) is 48.2 Å². The van der Waals surface area contributed by atoms with E-state index in [1.54, 1.807) is 0 Å². The lowest BCUT2D eigenvalue weighted by Crippen LogP contribution is -2.45. The fourth-order valence-electron chi connectivity index (χ4n) is 4.33. The second-order valence-electron chi connectivity index (χ2n) is 8.25. The van der Waals surface area contributed by atoms with Gasteiger partial charge in [-0.05, 0) is 41.7 Å². The van der Waals surface area contributed by atoms with Crippen LogP contribution < -0.4 is 0 Å². The van der Waals surface area contributed by atoms with Crippen molar-refractivity contribution in [1.82, 2.24) is 9.88 Å². The number of aromatic nitrogens is 1. The highest BCUT2D eigenvalue weighted by Gasteiger charge is 2.40. The number of nitrogens with one attached hydrogen (secondary N) is 1. The number of hydrogen-bond acceptors (Lipinski definition) is 2. The van der Waals surface area contributed by atoms with Crippen molar-refractivity contribution in [2.24, 2.45) is 0 Å². The first-order valence-corrected chi connectivity index (χ1v) is 10.0. The summed E-state index contributed by atoms with van der Waals surface area (Å²) < 4.78 is 58.5. The van der Waals surface area contributed by atoms with E-state index in [4.69, 9.17) is 5.11 Å². The molecule has 30 heavy (non-hydrogen) atoms. The van der Waals surface area contributed by atoms with Gasteiger partial charge in [0.15, 0.2) is 0 Å². The Morgan fingerprint density at radius 1 is 1.17 bits per heavy atom. The SMILES string of the molecule is CC(C)c1cc(F)c(C2c3[nH]c4ccccc4c3CCN2CC(F)(F)CO)c(F)c1. The average molecular weight is 420 g/mol. The molecule has 2 heterocycles. The number of aromatic amines is 1. The normalized spacial score (nSPS) is 17.7. The van der Waals surface area contributed by atoms with Crippen LogP contribution in [0.3, 0.4) is 0 Å². The van der Waals surface area contributed by atoms with E-state index in [9.17, 15) is 8.78 Å². The Kier molecular flexibility index (Phi) is 5.36. The van der Waals surface area contributed by atoms with Crippen LogP contribution in [0, 0.1) is 11.6 Å². The number of nitrogens with zero attached hydrogens (tertiary/aromatic N) is 1. The molecule has 0 aliphatic carbocycles. The summed E-state index contributed by atoms with van der Waals surface area (Å²) in [6, 6.07) is 9.00. The zero-order valence-electron chi connectivity index (χ0n) is 16.9. The first kappa shape index (κ1) is 20.9. The zero-order chi connectivity index (χ0) is 21.6. The van der Waals surface area contributed by atoms with Crippen LogP contribution in [0.5, 0.6) is 0 Å². The molecule has 0 radical (unpaired) electrons. The molecule has 1 aliphatic rings. The van der Waals surface area contributed by atoms with Gasteiger partial charge in [-0.3, -0.25) is 4.90 Å². The van der Waals surface area contributed by atoms with Crippen molar-refractivity contribution < 1.29 is 22.7 Å². The molecule has 4 rings (SSSR count). The number of para-hydroxylation sites is 1. The number of aliphatic hydroxyl groups excluding tert-OH is 1. The number of hydrogen-bond donors (Lipinski definition) is 2. The maximum absolute atomic E-state index is 15.2. The number of H-pyrrole nitrogens is 1. The number of benzene rings is 2. The number of halogens is 4. The summed E-state index contributed by atoms with van der Waals surface area (Å²) in [5, 5.41) is 9.99. The summed E-state index contributed by atoms with van der Waals surface area (Å²) in [7, 11) is 0. The van der Waals surface area contributed by atoms with Gasteiger partial charge in [0.1, 0.15) is 18.2 Å². The topological polar surface area (TPSA) is 39.3 Å². The molecule has 7 heteroatoms. The van der Waals surface area contributed by atoms with Crippen LogP contribution in [-0.4, -0.2) is 40.6 Å².